The van der Waals surface area contributed by atoms with Gasteiger partial charge in [-0.25, -0.2) is 4.68 Å². The van der Waals surface area contributed by atoms with E-state index in [1.165, 1.54) is 11.1 Å². The fourth-order valence-electron chi connectivity index (χ4n) is 4.43. The average molecular weight is 386 g/mol. The van der Waals surface area contributed by atoms with E-state index in [1.54, 1.807) is 6.07 Å². The maximum atomic E-state index is 9.84. The van der Waals surface area contributed by atoms with Crippen molar-refractivity contribution < 1.29 is 5.11 Å². The lowest BCUT2D eigenvalue weighted by atomic mass is 9.89. The molecule has 1 aliphatic rings. The minimum absolute atomic E-state index is 0.340. The number of nitrogens with one attached hydrogen (secondary N) is 1. The Hall–Kier alpha value is -3.05. The number of fused-ring (bicyclic) bond motifs is 1. The van der Waals surface area contributed by atoms with Crippen LogP contribution in [0.15, 0.2) is 67.1 Å². The number of hydrogen-bond donors (Lipinski definition) is 2. The smallest absolute Gasteiger partial charge is 0.116 e. The van der Waals surface area contributed by atoms with Crippen molar-refractivity contribution in [2.75, 3.05) is 19.6 Å². The minimum Gasteiger partial charge on any atom is -0.508 e. The van der Waals surface area contributed by atoms with Crippen molar-refractivity contribution in [3.8, 4) is 11.4 Å². The van der Waals surface area contributed by atoms with E-state index in [-0.39, 0.29) is 0 Å². The Morgan fingerprint density at radius 3 is 2.72 bits per heavy atom. The predicted octanol–water partition coefficient (Wildman–Crippen LogP) is 4.48. The number of H-pyrrole nitrogens is 1. The average Bonchev–Trinajstić information content (AvgIpc) is 3.40. The third-order valence-corrected chi connectivity index (χ3v) is 6.10. The number of phenolic OH excluding ortho intramolecular Hbond substituents is 1. The Balaban J connectivity index is 1.17. The predicted molar refractivity (Wildman–Crippen MR) is 116 cm³/mol. The van der Waals surface area contributed by atoms with Crippen LogP contribution in [0.1, 0.15) is 29.9 Å². The lowest BCUT2D eigenvalue weighted by Gasteiger charge is -2.31. The Morgan fingerprint density at radius 1 is 1.07 bits per heavy atom. The number of hydrogen-bond acceptors (Lipinski definition) is 3. The second-order valence-corrected chi connectivity index (χ2v) is 7.97. The molecule has 4 aromatic rings. The largest absolute Gasteiger partial charge is 0.508 e. The maximum absolute atomic E-state index is 9.84. The first-order valence-corrected chi connectivity index (χ1v) is 10.4. The molecule has 0 atom stereocenters. The van der Waals surface area contributed by atoms with Gasteiger partial charge in [0.1, 0.15) is 5.75 Å². The standard InChI is InChI=1S/C24H26N4O/c29-21-6-7-24-22(14-21)23(16-25-24)19-9-12-27(13-10-19)11-8-18-15-26-28(17-18)20-4-2-1-3-5-20/h1-7,14-17,19,25,29H,8-13H2. The molecule has 1 fully saturated rings. The second-order valence-electron chi connectivity index (χ2n) is 7.97. The summed E-state index contributed by atoms with van der Waals surface area (Å²) in [6.45, 7) is 3.30. The first kappa shape index (κ1) is 18.0. The maximum Gasteiger partial charge on any atom is 0.116 e. The lowest BCUT2D eigenvalue weighted by Crippen LogP contribution is -2.34. The number of piperidine rings is 1. The van der Waals surface area contributed by atoms with Crippen molar-refractivity contribution in [1.82, 2.24) is 19.7 Å². The molecule has 0 saturated carbocycles. The van der Waals surface area contributed by atoms with Crippen molar-refractivity contribution in [3.05, 3.63) is 78.2 Å². The van der Waals surface area contributed by atoms with Crippen LogP contribution in [0.2, 0.25) is 0 Å². The highest BCUT2D eigenvalue weighted by Gasteiger charge is 2.22. The van der Waals surface area contributed by atoms with Crippen LogP contribution in [-0.4, -0.2) is 44.4 Å². The van der Waals surface area contributed by atoms with Crippen LogP contribution in [0.4, 0.5) is 0 Å². The Bertz CT molecular complexity index is 1090. The molecule has 1 saturated heterocycles. The summed E-state index contributed by atoms with van der Waals surface area (Å²) in [5, 5.41) is 15.5. The van der Waals surface area contributed by atoms with Gasteiger partial charge in [-0.2, -0.15) is 5.10 Å². The zero-order chi connectivity index (χ0) is 19.6. The summed E-state index contributed by atoms with van der Waals surface area (Å²) in [5.41, 5.74) is 4.84. The number of likely N-dealkylation sites (tertiary alicyclic amines) is 1. The summed E-state index contributed by atoms with van der Waals surface area (Å²) in [6.07, 6.45) is 9.59. The van der Waals surface area contributed by atoms with Crippen molar-refractivity contribution >= 4 is 10.9 Å². The van der Waals surface area contributed by atoms with Crippen LogP contribution >= 0.6 is 0 Å². The van der Waals surface area contributed by atoms with Gasteiger partial charge in [0.05, 0.1) is 11.9 Å². The van der Waals surface area contributed by atoms with Gasteiger partial charge in [-0.1, -0.05) is 18.2 Å². The van der Waals surface area contributed by atoms with Gasteiger partial charge in [0.15, 0.2) is 0 Å². The van der Waals surface area contributed by atoms with Crippen LogP contribution in [0.3, 0.4) is 0 Å². The number of aromatic nitrogens is 3. The number of aromatic amines is 1. The highest BCUT2D eigenvalue weighted by molar-refractivity contribution is 5.85. The van der Waals surface area contributed by atoms with Gasteiger partial charge in [0.25, 0.3) is 0 Å². The van der Waals surface area contributed by atoms with E-state index in [1.807, 2.05) is 41.2 Å². The molecule has 0 radical (unpaired) electrons. The van der Waals surface area contributed by atoms with Crippen LogP contribution in [0, 0.1) is 0 Å². The van der Waals surface area contributed by atoms with E-state index >= 15 is 0 Å². The molecule has 1 aliphatic heterocycles. The molecule has 29 heavy (non-hydrogen) atoms. The van der Waals surface area contributed by atoms with Crippen molar-refractivity contribution in [2.24, 2.45) is 0 Å². The third kappa shape index (κ3) is 3.78. The number of benzene rings is 2. The van der Waals surface area contributed by atoms with E-state index in [0.717, 1.165) is 55.5 Å². The Morgan fingerprint density at radius 2 is 1.90 bits per heavy atom. The molecule has 5 heteroatoms. The quantitative estimate of drug-likeness (QED) is 0.532. The summed E-state index contributed by atoms with van der Waals surface area (Å²) < 4.78 is 1.95. The zero-order valence-electron chi connectivity index (χ0n) is 16.5. The molecule has 5 rings (SSSR count). The monoisotopic (exact) mass is 386 g/mol. The number of aromatic hydroxyl groups is 1. The highest BCUT2D eigenvalue weighted by atomic mass is 16.3. The van der Waals surface area contributed by atoms with Crippen LogP contribution < -0.4 is 0 Å². The SMILES string of the molecule is Oc1ccc2[nH]cc(C3CCN(CCc4cnn(-c5ccccc5)c4)CC3)c2c1. The molecule has 0 spiro atoms. The van der Waals surface area contributed by atoms with Crippen molar-refractivity contribution in [3.63, 3.8) is 0 Å². The van der Waals surface area contributed by atoms with E-state index in [4.69, 9.17) is 0 Å². The van der Waals surface area contributed by atoms with Gasteiger partial charge < -0.3 is 15.0 Å². The van der Waals surface area contributed by atoms with Crippen LogP contribution in [0.5, 0.6) is 5.75 Å². The topological polar surface area (TPSA) is 57.1 Å². The van der Waals surface area contributed by atoms with E-state index < -0.39 is 0 Å². The highest BCUT2D eigenvalue weighted by Crippen LogP contribution is 2.34. The van der Waals surface area contributed by atoms with Gasteiger partial charge >= 0.3 is 0 Å². The number of nitrogens with zero attached hydrogens (tertiary/aromatic N) is 3. The molecule has 2 aromatic heterocycles. The molecule has 2 aromatic carbocycles. The summed E-state index contributed by atoms with van der Waals surface area (Å²) in [7, 11) is 0. The third-order valence-electron chi connectivity index (χ3n) is 6.10. The molecule has 2 N–H and O–H groups in total. The van der Waals surface area contributed by atoms with E-state index in [0.29, 0.717) is 11.7 Å². The molecule has 148 valence electrons. The molecular weight excluding hydrogens is 360 g/mol. The minimum atomic E-state index is 0.340. The van der Waals surface area contributed by atoms with E-state index in [9.17, 15) is 5.11 Å². The molecule has 0 unspecified atom stereocenters. The summed E-state index contributed by atoms with van der Waals surface area (Å²) in [5.74, 6) is 0.898. The van der Waals surface area contributed by atoms with Gasteiger partial charge in [0, 0.05) is 29.8 Å². The molecule has 5 nitrogen and oxygen atoms in total. The van der Waals surface area contributed by atoms with Crippen LogP contribution in [-0.2, 0) is 6.42 Å². The first-order valence-electron chi connectivity index (χ1n) is 10.4. The Kier molecular flexibility index (Phi) is 4.82. The molecule has 3 heterocycles. The number of para-hydroxylation sites is 1. The number of phenols is 1. The fourth-order valence-corrected chi connectivity index (χ4v) is 4.43. The van der Waals surface area contributed by atoms with Crippen LogP contribution in [0.25, 0.3) is 16.6 Å². The molecule has 0 aliphatic carbocycles. The van der Waals surface area contributed by atoms with Gasteiger partial charge in [0.2, 0.25) is 0 Å². The zero-order valence-corrected chi connectivity index (χ0v) is 16.5. The van der Waals surface area contributed by atoms with Crippen molar-refractivity contribution in [2.45, 2.75) is 25.2 Å². The first-order chi connectivity index (χ1) is 14.3. The summed E-state index contributed by atoms with van der Waals surface area (Å²) in [4.78, 5) is 5.91. The Labute approximate surface area is 170 Å². The van der Waals surface area contributed by atoms with Gasteiger partial charge in [-0.05, 0) is 79.7 Å². The molecule has 0 amide bonds. The van der Waals surface area contributed by atoms with Gasteiger partial charge in [-0.15, -0.1) is 0 Å². The summed E-state index contributed by atoms with van der Waals surface area (Å²) in [6, 6.07) is 15.8. The van der Waals surface area contributed by atoms with Crippen molar-refractivity contribution in [1.29, 1.82) is 0 Å². The van der Waals surface area contributed by atoms with Gasteiger partial charge in [-0.3, -0.25) is 0 Å². The normalized spacial score (nSPS) is 15.9. The lowest BCUT2D eigenvalue weighted by molar-refractivity contribution is 0.215. The van der Waals surface area contributed by atoms with E-state index in [2.05, 4.69) is 39.5 Å². The summed E-state index contributed by atoms with van der Waals surface area (Å²) >= 11 is 0. The molecule has 0 bridgehead atoms. The second kappa shape index (κ2) is 7.76. The fraction of sp³-hybridized carbons (Fsp3) is 0.292. The molecular formula is C24H26N4O. The number of rotatable bonds is 5.